The topological polar surface area (TPSA) is 96.5 Å². The number of ether oxygens (including phenoxy) is 1. The predicted octanol–water partition coefficient (Wildman–Crippen LogP) is 0.159. The van der Waals surface area contributed by atoms with Gasteiger partial charge in [0.05, 0.1) is 13.2 Å². The van der Waals surface area contributed by atoms with Crippen molar-refractivity contribution < 1.29 is 17.9 Å². The molecule has 3 N–H and O–H groups in total. The summed E-state index contributed by atoms with van der Waals surface area (Å²) in [6.45, 7) is 2.59. The van der Waals surface area contributed by atoms with Crippen LogP contribution in [0.25, 0.3) is 0 Å². The van der Waals surface area contributed by atoms with Crippen molar-refractivity contribution in [1.82, 2.24) is 15.4 Å². The average Bonchev–Trinajstić information content (AvgIpc) is 3.08. The van der Waals surface area contributed by atoms with E-state index in [4.69, 9.17) is 4.74 Å². The first-order valence-electron chi connectivity index (χ1n) is 7.47. The summed E-state index contributed by atoms with van der Waals surface area (Å²) < 4.78 is 31.7. The maximum atomic E-state index is 12.0. The summed E-state index contributed by atoms with van der Waals surface area (Å²) in [7, 11) is -1.95. The van der Waals surface area contributed by atoms with E-state index in [1.54, 1.807) is 18.6 Å². The lowest BCUT2D eigenvalue weighted by atomic mass is 9.79. The van der Waals surface area contributed by atoms with Crippen LogP contribution in [0, 0.1) is 5.41 Å². The summed E-state index contributed by atoms with van der Waals surface area (Å²) in [5.41, 5.74) is -0.0811. The molecule has 0 saturated carbocycles. The molecule has 2 heterocycles. The normalized spacial score (nSPS) is 17.8. The zero-order chi connectivity index (χ0) is 16.8. The van der Waals surface area contributed by atoms with Gasteiger partial charge in [0.1, 0.15) is 4.21 Å². The van der Waals surface area contributed by atoms with Crippen LogP contribution in [0.1, 0.15) is 12.8 Å². The highest BCUT2D eigenvalue weighted by Gasteiger charge is 2.32. The van der Waals surface area contributed by atoms with E-state index in [0.29, 0.717) is 13.2 Å². The zero-order valence-corrected chi connectivity index (χ0v) is 14.8. The molecule has 0 aromatic carbocycles. The fourth-order valence-corrected chi connectivity index (χ4v) is 4.65. The third-order valence-corrected chi connectivity index (χ3v) is 6.76. The summed E-state index contributed by atoms with van der Waals surface area (Å²) in [5, 5.41) is 7.79. The van der Waals surface area contributed by atoms with Crippen molar-refractivity contribution in [2.24, 2.45) is 5.41 Å². The molecule has 1 aromatic heterocycles. The number of hydrogen-bond acceptors (Lipinski definition) is 6. The molecule has 1 aliphatic heterocycles. The minimum Gasteiger partial charge on any atom is -0.384 e. The quantitative estimate of drug-likeness (QED) is 0.613. The second kappa shape index (κ2) is 8.20. The van der Waals surface area contributed by atoms with E-state index >= 15 is 0 Å². The third kappa shape index (κ3) is 5.25. The van der Waals surface area contributed by atoms with Crippen molar-refractivity contribution >= 4 is 27.3 Å². The molecule has 0 atom stereocenters. The number of hydrogen-bond donors (Lipinski definition) is 3. The third-order valence-electron chi connectivity index (χ3n) is 3.96. The molecule has 0 bridgehead atoms. The highest BCUT2D eigenvalue weighted by Crippen LogP contribution is 2.28. The van der Waals surface area contributed by atoms with Crippen LogP contribution in [0.15, 0.2) is 21.7 Å². The number of carbonyl (C=O) groups excluding carboxylic acids is 1. The van der Waals surface area contributed by atoms with Crippen LogP contribution in [0.2, 0.25) is 0 Å². The van der Waals surface area contributed by atoms with Crippen LogP contribution in [-0.2, 0) is 19.6 Å². The molecule has 1 fully saturated rings. The van der Waals surface area contributed by atoms with Gasteiger partial charge in [0.25, 0.3) is 10.0 Å². The highest BCUT2D eigenvalue weighted by atomic mass is 32.2. The molecule has 0 spiro atoms. The summed E-state index contributed by atoms with van der Waals surface area (Å²) in [5.74, 6) is -0.334. The summed E-state index contributed by atoms with van der Waals surface area (Å²) >= 11 is 1.12. The van der Waals surface area contributed by atoms with Crippen LogP contribution < -0.4 is 15.4 Å². The van der Waals surface area contributed by atoms with E-state index in [2.05, 4.69) is 15.4 Å². The second-order valence-corrected chi connectivity index (χ2v) is 8.66. The Kier molecular flexibility index (Phi) is 6.54. The molecule has 23 heavy (non-hydrogen) atoms. The second-order valence-electron chi connectivity index (χ2n) is 5.72. The fourth-order valence-electron chi connectivity index (χ4n) is 2.63. The van der Waals surface area contributed by atoms with E-state index in [9.17, 15) is 13.2 Å². The lowest BCUT2D eigenvalue weighted by molar-refractivity contribution is -0.120. The number of rotatable bonds is 8. The Morgan fingerprint density at radius 3 is 2.78 bits per heavy atom. The molecule has 0 radical (unpaired) electrons. The molecule has 0 unspecified atom stereocenters. The number of sulfonamides is 1. The monoisotopic (exact) mass is 361 g/mol. The molecule has 130 valence electrons. The Bertz CT molecular complexity index is 590. The minimum atomic E-state index is -3.61. The van der Waals surface area contributed by atoms with E-state index in [1.165, 1.54) is 6.07 Å². The standard InChI is InChI=1S/C14H23N3O4S2/c1-21-11-14(4-6-15-7-5-14)10-16-12(18)9-17-23(19,20)13-3-2-8-22-13/h2-3,8,15,17H,4-7,9-11H2,1H3,(H,16,18). The first kappa shape index (κ1) is 18.3. The van der Waals surface area contributed by atoms with Gasteiger partial charge in [0.15, 0.2) is 0 Å². The van der Waals surface area contributed by atoms with Gasteiger partial charge < -0.3 is 15.4 Å². The van der Waals surface area contributed by atoms with E-state index in [0.717, 1.165) is 37.3 Å². The maximum Gasteiger partial charge on any atom is 0.250 e. The van der Waals surface area contributed by atoms with Crippen LogP contribution >= 0.6 is 11.3 Å². The van der Waals surface area contributed by atoms with Gasteiger partial charge in [0, 0.05) is 19.1 Å². The Labute approximate surface area is 140 Å². The lowest BCUT2D eigenvalue weighted by Crippen LogP contribution is -2.48. The Morgan fingerprint density at radius 1 is 1.43 bits per heavy atom. The lowest BCUT2D eigenvalue weighted by Gasteiger charge is -2.37. The van der Waals surface area contributed by atoms with Crippen molar-refractivity contribution in [1.29, 1.82) is 0 Å². The van der Waals surface area contributed by atoms with Gasteiger partial charge in [-0.3, -0.25) is 4.79 Å². The molecular formula is C14H23N3O4S2. The van der Waals surface area contributed by atoms with Crippen LogP contribution in [0.5, 0.6) is 0 Å². The van der Waals surface area contributed by atoms with Gasteiger partial charge in [-0.2, -0.15) is 0 Å². The van der Waals surface area contributed by atoms with Crippen molar-refractivity contribution in [3.05, 3.63) is 17.5 Å². The summed E-state index contributed by atoms with van der Waals surface area (Å²) in [6.07, 6.45) is 1.84. The molecule has 1 amide bonds. The first-order valence-corrected chi connectivity index (χ1v) is 9.83. The molecular weight excluding hydrogens is 338 g/mol. The maximum absolute atomic E-state index is 12.0. The van der Waals surface area contributed by atoms with Crippen molar-refractivity contribution in [3.63, 3.8) is 0 Å². The van der Waals surface area contributed by atoms with E-state index in [-0.39, 0.29) is 22.1 Å². The van der Waals surface area contributed by atoms with Gasteiger partial charge in [-0.15, -0.1) is 11.3 Å². The average molecular weight is 361 g/mol. The number of amides is 1. The number of piperidine rings is 1. The zero-order valence-electron chi connectivity index (χ0n) is 13.1. The molecule has 1 saturated heterocycles. The largest absolute Gasteiger partial charge is 0.384 e. The van der Waals surface area contributed by atoms with Crippen LogP contribution in [0.4, 0.5) is 0 Å². The Balaban J connectivity index is 1.82. The Morgan fingerprint density at radius 2 is 2.17 bits per heavy atom. The molecule has 1 aromatic rings. The minimum absolute atomic E-state index is 0.0811. The van der Waals surface area contributed by atoms with Crippen LogP contribution in [-0.4, -0.2) is 54.2 Å². The van der Waals surface area contributed by atoms with Gasteiger partial charge >= 0.3 is 0 Å². The predicted molar refractivity (Wildman–Crippen MR) is 88.9 cm³/mol. The summed E-state index contributed by atoms with van der Waals surface area (Å²) in [6, 6.07) is 3.17. The van der Waals surface area contributed by atoms with Crippen molar-refractivity contribution in [2.75, 3.05) is 39.9 Å². The van der Waals surface area contributed by atoms with Gasteiger partial charge in [-0.1, -0.05) is 6.07 Å². The van der Waals surface area contributed by atoms with Gasteiger partial charge in [0.2, 0.25) is 5.91 Å². The Hall–Kier alpha value is -1.00. The van der Waals surface area contributed by atoms with Crippen molar-refractivity contribution in [3.8, 4) is 0 Å². The summed E-state index contributed by atoms with van der Waals surface area (Å²) in [4.78, 5) is 12.0. The van der Waals surface area contributed by atoms with Gasteiger partial charge in [-0.25, -0.2) is 13.1 Å². The van der Waals surface area contributed by atoms with Gasteiger partial charge in [-0.05, 0) is 37.4 Å². The van der Waals surface area contributed by atoms with E-state index < -0.39 is 10.0 Å². The molecule has 9 heteroatoms. The number of nitrogens with one attached hydrogen (secondary N) is 3. The fraction of sp³-hybridized carbons (Fsp3) is 0.643. The number of methoxy groups -OCH3 is 1. The van der Waals surface area contributed by atoms with E-state index in [1.807, 2.05) is 0 Å². The molecule has 2 rings (SSSR count). The number of thiophene rings is 1. The molecule has 1 aliphatic rings. The molecule has 0 aliphatic carbocycles. The molecule has 7 nitrogen and oxygen atoms in total. The number of carbonyl (C=O) groups is 1. The SMILES string of the molecule is COCC1(CNC(=O)CNS(=O)(=O)c2cccs2)CCNCC1. The van der Waals surface area contributed by atoms with Crippen LogP contribution in [0.3, 0.4) is 0 Å². The van der Waals surface area contributed by atoms with Crippen molar-refractivity contribution in [2.45, 2.75) is 17.1 Å². The highest BCUT2D eigenvalue weighted by molar-refractivity contribution is 7.91. The smallest absolute Gasteiger partial charge is 0.250 e. The first-order chi connectivity index (χ1) is 11.0.